The van der Waals surface area contributed by atoms with E-state index in [0.717, 1.165) is 25.6 Å². The number of aromatic nitrogens is 2. The molecule has 5 heteroatoms. The number of hydrogen-bond acceptors (Lipinski definition) is 5. The molecule has 1 aliphatic heterocycles. The average molecular weight is 208 g/mol. The SMILES string of the molecule is CNc1nccc(N2CCOCC2C)n1. The lowest BCUT2D eigenvalue weighted by Gasteiger charge is -2.34. The molecule has 1 unspecified atom stereocenters. The summed E-state index contributed by atoms with van der Waals surface area (Å²) in [6, 6.07) is 2.31. The van der Waals surface area contributed by atoms with E-state index < -0.39 is 0 Å². The summed E-state index contributed by atoms with van der Waals surface area (Å²) in [5, 5.41) is 2.94. The molecule has 0 aliphatic carbocycles. The van der Waals surface area contributed by atoms with Crippen LogP contribution in [0.1, 0.15) is 6.92 Å². The molecule has 1 aromatic rings. The number of nitrogens with one attached hydrogen (secondary N) is 1. The van der Waals surface area contributed by atoms with Gasteiger partial charge in [-0.05, 0) is 13.0 Å². The third-order valence-electron chi connectivity index (χ3n) is 2.53. The molecule has 2 heterocycles. The van der Waals surface area contributed by atoms with E-state index in [9.17, 15) is 0 Å². The van der Waals surface area contributed by atoms with E-state index in [-0.39, 0.29) is 0 Å². The maximum atomic E-state index is 5.39. The molecule has 2 rings (SSSR count). The largest absolute Gasteiger partial charge is 0.377 e. The highest BCUT2D eigenvalue weighted by Gasteiger charge is 2.20. The third kappa shape index (κ3) is 2.18. The molecule has 0 spiro atoms. The van der Waals surface area contributed by atoms with Crippen molar-refractivity contribution in [3.8, 4) is 0 Å². The van der Waals surface area contributed by atoms with E-state index in [1.54, 1.807) is 6.20 Å². The van der Waals surface area contributed by atoms with Crippen LogP contribution < -0.4 is 10.2 Å². The summed E-state index contributed by atoms with van der Waals surface area (Å²) in [6.45, 7) is 4.56. The van der Waals surface area contributed by atoms with Crippen molar-refractivity contribution in [2.75, 3.05) is 37.0 Å². The van der Waals surface area contributed by atoms with Gasteiger partial charge in [-0.3, -0.25) is 0 Å². The number of nitrogens with zero attached hydrogens (tertiary/aromatic N) is 3. The smallest absolute Gasteiger partial charge is 0.224 e. The standard InChI is InChI=1S/C10H16N4O/c1-8-7-15-6-5-14(8)9-3-4-12-10(11-2)13-9/h3-4,8H,5-7H2,1-2H3,(H,11,12,13). The third-order valence-corrected chi connectivity index (χ3v) is 2.53. The summed E-state index contributed by atoms with van der Waals surface area (Å²) in [7, 11) is 1.82. The number of morpholine rings is 1. The fourth-order valence-electron chi connectivity index (χ4n) is 1.70. The van der Waals surface area contributed by atoms with E-state index in [0.29, 0.717) is 12.0 Å². The van der Waals surface area contributed by atoms with Crippen LogP contribution in [0.5, 0.6) is 0 Å². The lowest BCUT2D eigenvalue weighted by Crippen LogP contribution is -2.44. The number of hydrogen-bond donors (Lipinski definition) is 1. The van der Waals surface area contributed by atoms with Crippen molar-refractivity contribution in [1.29, 1.82) is 0 Å². The molecule has 0 saturated carbocycles. The molecule has 0 aromatic carbocycles. The van der Waals surface area contributed by atoms with Crippen molar-refractivity contribution in [3.63, 3.8) is 0 Å². The molecular weight excluding hydrogens is 192 g/mol. The average Bonchev–Trinajstić information content (AvgIpc) is 2.30. The molecule has 0 bridgehead atoms. The second-order valence-corrected chi connectivity index (χ2v) is 3.61. The Morgan fingerprint density at radius 1 is 1.60 bits per heavy atom. The van der Waals surface area contributed by atoms with Crippen LogP contribution >= 0.6 is 0 Å². The number of anilines is 2. The Morgan fingerprint density at radius 2 is 2.47 bits per heavy atom. The van der Waals surface area contributed by atoms with Crippen molar-refractivity contribution in [2.24, 2.45) is 0 Å². The molecular formula is C10H16N4O. The normalized spacial score (nSPS) is 21.5. The fraction of sp³-hybridized carbons (Fsp3) is 0.600. The zero-order valence-electron chi connectivity index (χ0n) is 9.10. The molecule has 1 fully saturated rings. The van der Waals surface area contributed by atoms with Gasteiger partial charge in [-0.2, -0.15) is 4.98 Å². The van der Waals surface area contributed by atoms with Gasteiger partial charge in [0.25, 0.3) is 0 Å². The first-order chi connectivity index (χ1) is 7.31. The van der Waals surface area contributed by atoms with Crippen molar-refractivity contribution >= 4 is 11.8 Å². The van der Waals surface area contributed by atoms with Gasteiger partial charge in [0.1, 0.15) is 5.82 Å². The minimum atomic E-state index is 0.373. The maximum Gasteiger partial charge on any atom is 0.224 e. The van der Waals surface area contributed by atoms with Gasteiger partial charge in [0.15, 0.2) is 0 Å². The van der Waals surface area contributed by atoms with Crippen LogP contribution in [0.25, 0.3) is 0 Å². The first-order valence-corrected chi connectivity index (χ1v) is 5.16. The molecule has 1 N–H and O–H groups in total. The molecule has 82 valence electrons. The van der Waals surface area contributed by atoms with Crippen LogP contribution in [0.2, 0.25) is 0 Å². The predicted octanol–water partition coefficient (Wildman–Crippen LogP) is 0.743. The Hall–Kier alpha value is -1.36. The van der Waals surface area contributed by atoms with Gasteiger partial charge < -0.3 is 15.0 Å². The molecule has 15 heavy (non-hydrogen) atoms. The van der Waals surface area contributed by atoms with Crippen LogP contribution in [0, 0.1) is 0 Å². The van der Waals surface area contributed by atoms with Crippen molar-refractivity contribution in [3.05, 3.63) is 12.3 Å². The van der Waals surface area contributed by atoms with Crippen molar-refractivity contribution < 1.29 is 4.74 Å². The Labute approximate surface area is 89.5 Å². The van der Waals surface area contributed by atoms with E-state index in [1.807, 2.05) is 13.1 Å². The zero-order valence-corrected chi connectivity index (χ0v) is 9.10. The summed E-state index contributed by atoms with van der Waals surface area (Å²) in [4.78, 5) is 10.8. The minimum Gasteiger partial charge on any atom is -0.377 e. The summed E-state index contributed by atoms with van der Waals surface area (Å²) < 4.78 is 5.39. The number of ether oxygens (including phenoxy) is 1. The molecule has 1 aromatic heterocycles. The van der Waals surface area contributed by atoms with E-state index >= 15 is 0 Å². The van der Waals surface area contributed by atoms with Crippen molar-refractivity contribution in [1.82, 2.24) is 9.97 Å². The lowest BCUT2D eigenvalue weighted by molar-refractivity contribution is 0.0985. The van der Waals surface area contributed by atoms with Gasteiger partial charge in [0, 0.05) is 19.8 Å². The highest BCUT2D eigenvalue weighted by Crippen LogP contribution is 2.17. The number of rotatable bonds is 2. The highest BCUT2D eigenvalue weighted by atomic mass is 16.5. The molecule has 0 amide bonds. The summed E-state index contributed by atoms with van der Waals surface area (Å²) >= 11 is 0. The first-order valence-electron chi connectivity index (χ1n) is 5.16. The fourth-order valence-corrected chi connectivity index (χ4v) is 1.70. The predicted molar refractivity (Wildman–Crippen MR) is 59.2 cm³/mol. The monoisotopic (exact) mass is 208 g/mol. The second kappa shape index (κ2) is 4.44. The Bertz CT molecular complexity index is 331. The second-order valence-electron chi connectivity index (χ2n) is 3.61. The van der Waals surface area contributed by atoms with Gasteiger partial charge in [0.2, 0.25) is 5.95 Å². The van der Waals surface area contributed by atoms with E-state index in [1.165, 1.54) is 0 Å². The van der Waals surface area contributed by atoms with E-state index in [2.05, 4.69) is 27.1 Å². The van der Waals surface area contributed by atoms with Crippen LogP contribution in [-0.2, 0) is 4.74 Å². The molecule has 1 saturated heterocycles. The quantitative estimate of drug-likeness (QED) is 0.777. The topological polar surface area (TPSA) is 50.3 Å². The zero-order chi connectivity index (χ0) is 10.7. The summed E-state index contributed by atoms with van der Waals surface area (Å²) in [5.74, 6) is 1.62. The van der Waals surface area contributed by atoms with Gasteiger partial charge in [-0.1, -0.05) is 0 Å². The first kappa shape index (κ1) is 10.2. The Balaban J connectivity index is 2.19. The maximum absolute atomic E-state index is 5.39. The van der Waals surface area contributed by atoms with Gasteiger partial charge in [0.05, 0.1) is 19.3 Å². The van der Waals surface area contributed by atoms with Crippen LogP contribution in [0.15, 0.2) is 12.3 Å². The van der Waals surface area contributed by atoms with Crippen LogP contribution in [-0.4, -0.2) is 42.8 Å². The minimum absolute atomic E-state index is 0.373. The molecule has 1 aliphatic rings. The molecule has 1 atom stereocenters. The van der Waals surface area contributed by atoms with Gasteiger partial charge >= 0.3 is 0 Å². The van der Waals surface area contributed by atoms with Gasteiger partial charge in [-0.15, -0.1) is 0 Å². The Kier molecular flexibility index (Phi) is 3.01. The lowest BCUT2D eigenvalue weighted by atomic mass is 10.2. The van der Waals surface area contributed by atoms with Crippen molar-refractivity contribution in [2.45, 2.75) is 13.0 Å². The Morgan fingerprint density at radius 3 is 3.20 bits per heavy atom. The highest BCUT2D eigenvalue weighted by molar-refractivity contribution is 5.43. The molecule has 5 nitrogen and oxygen atoms in total. The summed E-state index contributed by atoms with van der Waals surface area (Å²) in [5.41, 5.74) is 0. The van der Waals surface area contributed by atoms with E-state index in [4.69, 9.17) is 4.74 Å². The van der Waals surface area contributed by atoms with Gasteiger partial charge in [-0.25, -0.2) is 4.98 Å². The van der Waals surface area contributed by atoms with Crippen LogP contribution in [0.4, 0.5) is 11.8 Å². The van der Waals surface area contributed by atoms with Crippen LogP contribution in [0.3, 0.4) is 0 Å². The summed E-state index contributed by atoms with van der Waals surface area (Å²) in [6.07, 6.45) is 1.77. The molecule has 0 radical (unpaired) electrons.